The van der Waals surface area contributed by atoms with Crippen molar-refractivity contribution in [2.75, 3.05) is 19.7 Å². The highest BCUT2D eigenvalue weighted by Gasteiger charge is 2.30. The van der Waals surface area contributed by atoms with E-state index in [9.17, 15) is 9.59 Å². The number of rotatable bonds is 4. The minimum absolute atomic E-state index is 0.0801. The van der Waals surface area contributed by atoms with Gasteiger partial charge in [-0.25, -0.2) is 0 Å². The van der Waals surface area contributed by atoms with Crippen molar-refractivity contribution in [1.82, 2.24) is 4.90 Å². The fourth-order valence-electron chi connectivity index (χ4n) is 2.60. The van der Waals surface area contributed by atoms with Gasteiger partial charge < -0.3 is 15.4 Å². The van der Waals surface area contributed by atoms with Crippen LogP contribution in [0.2, 0.25) is 0 Å². The van der Waals surface area contributed by atoms with Crippen molar-refractivity contribution in [3.8, 4) is 0 Å². The lowest BCUT2D eigenvalue weighted by molar-refractivity contribution is -0.151. The molecule has 1 atom stereocenters. The van der Waals surface area contributed by atoms with Crippen molar-refractivity contribution >= 4 is 11.9 Å². The molecule has 2 rings (SSSR count). The number of amides is 1. The molecule has 21 heavy (non-hydrogen) atoms. The van der Waals surface area contributed by atoms with Crippen LogP contribution >= 0.6 is 0 Å². The summed E-state index contributed by atoms with van der Waals surface area (Å²) in [6.07, 6.45) is 1.29. The number of carbonyl (C=O) groups excluding carboxylic acids is 2. The zero-order valence-electron chi connectivity index (χ0n) is 12.3. The number of hydrogen-bond acceptors (Lipinski definition) is 4. The zero-order chi connectivity index (χ0) is 15.2. The second kappa shape index (κ2) is 7.22. The predicted octanol–water partition coefficient (Wildman–Crippen LogP) is 1.49. The number of piperidine rings is 1. The third-order valence-corrected chi connectivity index (χ3v) is 3.85. The molecule has 0 radical (unpaired) electrons. The van der Waals surface area contributed by atoms with Crippen LogP contribution < -0.4 is 5.73 Å². The summed E-state index contributed by atoms with van der Waals surface area (Å²) in [6.45, 7) is 3.32. The largest absolute Gasteiger partial charge is 0.466 e. The Bertz CT molecular complexity index is 482. The van der Waals surface area contributed by atoms with Gasteiger partial charge in [-0.2, -0.15) is 0 Å². The average molecular weight is 290 g/mol. The van der Waals surface area contributed by atoms with Crippen LogP contribution in [0.25, 0.3) is 0 Å². The van der Waals surface area contributed by atoms with E-state index in [4.69, 9.17) is 10.5 Å². The van der Waals surface area contributed by atoms with E-state index in [0.717, 1.165) is 5.56 Å². The first-order valence-electron chi connectivity index (χ1n) is 7.39. The Labute approximate surface area is 125 Å². The molecule has 1 heterocycles. The van der Waals surface area contributed by atoms with Gasteiger partial charge in [-0.1, -0.05) is 30.3 Å². The molecular formula is C16H22N2O3. The molecule has 1 fully saturated rings. The van der Waals surface area contributed by atoms with Crippen LogP contribution in [0.4, 0.5) is 0 Å². The van der Waals surface area contributed by atoms with E-state index in [1.165, 1.54) is 0 Å². The second-order valence-electron chi connectivity index (χ2n) is 5.24. The molecular weight excluding hydrogens is 268 g/mol. The lowest BCUT2D eigenvalue weighted by Crippen LogP contribution is -2.44. The van der Waals surface area contributed by atoms with E-state index in [-0.39, 0.29) is 17.8 Å². The number of hydrogen-bond donors (Lipinski definition) is 1. The van der Waals surface area contributed by atoms with Crippen LogP contribution in [-0.2, 0) is 14.3 Å². The van der Waals surface area contributed by atoms with Crippen molar-refractivity contribution in [2.24, 2.45) is 11.7 Å². The summed E-state index contributed by atoms with van der Waals surface area (Å²) in [6, 6.07) is 8.71. The maximum atomic E-state index is 12.4. The van der Waals surface area contributed by atoms with Crippen molar-refractivity contribution in [1.29, 1.82) is 0 Å². The fraction of sp³-hybridized carbons (Fsp3) is 0.500. The molecule has 5 nitrogen and oxygen atoms in total. The SMILES string of the molecule is CCOC(=O)C1CCN(C(=O)[C@H](N)c2ccccc2)CC1. The number of esters is 1. The molecule has 2 N–H and O–H groups in total. The molecule has 1 aromatic rings. The third kappa shape index (κ3) is 3.82. The highest BCUT2D eigenvalue weighted by Crippen LogP contribution is 2.21. The Morgan fingerprint density at radius 2 is 1.90 bits per heavy atom. The number of likely N-dealkylation sites (tertiary alicyclic amines) is 1. The maximum Gasteiger partial charge on any atom is 0.309 e. The number of ether oxygens (including phenoxy) is 1. The first-order valence-corrected chi connectivity index (χ1v) is 7.39. The van der Waals surface area contributed by atoms with Crippen LogP contribution in [-0.4, -0.2) is 36.5 Å². The molecule has 1 aromatic carbocycles. The van der Waals surface area contributed by atoms with Gasteiger partial charge >= 0.3 is 5.97 Å². The van der Waals surface area contributed by atoms with Gasteiger partial charge in [0.15, 0.2) is 0 Å². The Morgan fingerprint density at radius 1 is 1.29 bits per heavy atom. The zero-order valence-corrected chi connectivity index (χ0v) is 12.3. The highest BCUT2D eigenvalue weighted by atomic mass is 16.5. The molecule has 0 unspecified atom stereocenters. The van der Waals surface area contributed by atoms with E-state index in [1.54, 1.807) is 11.8 Å². The molecule has 0 spiro atoms. The van der Waals surface area contributed by atoms with E-state index < -0.39 is 6.04 Å². The van der Waals surface area contributed by atoms with Crippen LogP contribution in [0.1, 0.15) is 31.4 Å². The number of benzene rings is 1. The molecule has 0 aliphatic carbocycles. The van der Waals surface area contributed by atoms with Crippen molar-refractivity contribution in [2.45, 2.75) is 25.8 Å². The molecule has 5 heteroatoms. The normalized spacial score (nSPS) is 17.3. The number of carbonyl (C=O) groups is 2. The van der Waals surface area contributed by atoms with Gasteiger partial charge in [0, 0.05) is 13.1 Å². The van der Waals surface area contributed by atoms with E-state index >= 15 is 0 Å². The minimum Gasteiger partial charge on any atom is -0.466 e. The van der Waals surface area contributed by atoms with Gasteiger partial charge in [0.25, 0.3) is 0 Å². The molecule has 1 amide bonds. The van der Waals surface area contributed by atoms with Gasteiger partial charge in [0.05, 0.1) is 12.5 Å². The van der Waals surface area contributed by atoms with Crippen molar-refractivity contribution in [3.63, 3.8) is 0 Å². The van der Waals surface area contributed by atoms with Gasteiger partial charge in [-0.3, -0.25) is 9.59 Å². The monoisotopic (exact) mass is 290 g/mol. The summed E-state index contributed by atoms with van der Waals surface area (Å²) in [5.41, 5.74) is 6.84. The highest BCUT2D eigenvalue weighted by molar-refractivity contribution is 5.83. The summed E-state index contributed by atoms with van der Waals surface area (Å²) in [7, 11) is 0. The molecule has 0 saturated carbocycles. The third-order valence-electron chi connectivity index (χ3n) is 3.85. The summed E-state index contributed by atoms with van der Waals surface area (Å²) in [5.74, 6) is -0.331. The van der Waals surface area contributed by atoms with Crippen molar-refractivity contribution < 1.29 is 14.3 Å². The van der Waals surface area contributed by atoms with E-state index in [2.05, 4.69) is 0 Å². The van der Waals surface area contributed by atoms with Gasteiger partial charge in [-0.05, 0) is 25.3 Å². The van der Waals surface area contributed by atoms with Crippen LogP contribution in [0.5, 0.6) is 0 Å². The Hall–Kier alpha value is -1.88. The first-order chi connectivity index (χ1) is 10.1. The fourth-order valence-corrected chi connectivity index (χ4v) is 2.60. The Balaban J connectivity index is 1.90. The van der Waals surface area contributed by atoms with Crippen LogP contribution in [0.3, 0.4) is 0 Å². The van der Waals surface area contributed by atoms with Gasteiger partial charge in [0.2, 0.25) is 5.91 Å². The lowest BCUT2D eigenvalue weighted by atomic mass is 9.96. The topological polar surface area (TPSA) is 72.6 Å². The second-order valence-corrected chi connectivity index (χ2v) is 5.24. The van der Waals surface area contributed by atoms with E-state index in [1.807, 2.05) is 30.3 Å². The smallest absolute Gasteiger partial charge is 0.309 e. The average Bonchev–Trinajstić information content (AvgIpc) is 2.54. The molecule has 114 valence electrons. The Kier molecular flexibility index (Phi) is 5.33. The minimum atomic E-state index is -0.634. The summed E-state index contributed by atoms with van der Waals surface area (Å²) < 4.78 is 5.03. The maximum absolute atomic E-state index is 12.4. The Morgan fingerprint density at radius 3 is 2.48 bits per heavy atom. The van der Waals surface area contributed by atoms with Crippen LogP contribution in [0, 0.1) is 5.92 Å². The van der Waals surface area contributed by atoms with Crippen LogP contribution in [0.15, 0.2) is 30.3 Å². The standard InChI is InChI=1S/C16H22N2O3/c1-2-21-16(20)13-8-10-18(11-9-13)15(19)14(17)12-6-4-3-5-7-12/h3-7,13-14H,2,8-11,17H2,1H3/t14-/m1/s1. The molecule has 0 bridgehead atoms. The molecule has 1 aliphatic heterocycles. The quantitative estimate of drug-likeness (QED) is 0.853. The summed E-state index contributed by atoms with van der Waals surface area (Å²) in [4.78, 5) is 25.8. The molecule has 1 aliphatic rings. The first kappa shape index (κ1) is 15.5. The van der Waals surface area contributed by atoms with Gasteiger partial charge in [0.1, 0.15) is 6.04 Å². The summed E-state index contributed by atoms with van der Waals surface area (Å²) in [5, 5.41) is 0. The van der Waals surface area contributed by atoms with Crippen molar-refractivity contribution in [3.05, 3.63) is 35.9 Å². The molecule has 0 aromatic heterocycles. The lowest BCUT2D eigenvalue weighted by Gasteiger charge is -2.32. The number of nitrogens with two attached hydrogens (primary N) is 1. The summed E-state index contributed by atoms with van der Waals surface area (Å²) >= 11 is 0. The predicted molar refractivity (Wildman–Crippen MR) is 79.3 cm³/mol. The number of nitrogens with zero attached hydrogens (tertiary/aromatic N) is 1. The molecule has 1 saturated heterocycles. The van der Waals surface area contributed by atoms with Gasteiger partial charge in [-0.15, -0.1) is 0 Å². The van der Waals surface area contributed by atoms with E-state index in [0.29, 0.717) is 32.5 Å².